The highest BCUT2D eigenvalue weighted by molar-refractivity contribution is 6.37. The van der Waals surface area contributed by atoms with E-state index >= 15 is 0 Å². The lowest BCUT2D eigenvalue weighted by atomic mass is 9.95. The Bertz CT molecular complexity index is 644. The third-order valence-electron chi connectivity index (χ3n) is 3.54. The summed E-state index contributed by atoms with van der Waals surface area (Å²) in [5, 5.41) is 10.9. The Labute approximate surface area is 107 Å². The first-order valence-corrected chi connectivity index (χ1v) is 5.92. The fourth-order valence-corrected chi connectivity index (χ4v) is 2.44. The first-order chi connectivity index (χ1) is 9.02. The molecule has 96 valence electrons. The van der Waals surface area contributed by atoms with Crippen LogP contribution in [0.4, 0.5) is 5.69 Å². The normalized spacial score (nSPS) is 21.4. The van der Waals surface area contributed by atoms with E-state index in [4.69, 9.17) is 0 Å². The Hall–Kier alpha value is -2.37. The van der Waals surface area contributed by atoms with Crippen molar-refractivity contribution in [3.8, 4) is 0 Å². The third kappa shape index (κ3) is 1.60. The number of hydrogen-bond donors (Lipinski definition) is 0. The summed E-state index contributed by atoms with van der Waals surface area (Å²) in [4.78, 5) is 46.4. The number of benzene rings is 1. The van der Waals surface area contributed by atoms with Crippen molar-refractivity contribution >= 4 is 23.0 Å². The molecule has 0 N–H and O–H groups in total. The van der Waals surface area contributed by atoms with Gasteiger partial charge in [0.15, 0.2) is 17.3 Å². The molecule has 1 fully saturated rings. The lowest BCUT2D eigenvalue weighted by molar-refractivity contribution is -0.385. The zero-order chi connectivity index (χ0) is 13.7. The number of fused-ring (bicyclic) bond motifs is 1. The summed E-state index contributed by atoms with van der Waals surface area (Å²) in [6, 6.07) is 3.89. The van der Waals surface area contributed by atoms with Crippen LogP contribution in [0.5, 0.6) is 0 Å². The molecule has 0 radical (unpaired) electrons. The third-order valence-corrected chi connectivity index (χ3v) is 3.54. The zero-order valence-corrected chi connectivity index (χ0v) is 9.79. The van der Waals surface area contributed by atoms with Crippen LogP contribution < -0.4 is 0 Å². The van der Waals surface area contributed by atoms with Gasteiger partial charge in [0.2, 0.25) is 0 Å². The van der Waals surface area contributed by atoms with Gasteiger partial charge in [0, 0.05) is 17.5 Å². The van der Waals surface area contributed by atoms with Crippen LogP contribution in [-0.4, -0.2) is 22.3 Å². The zero-order valence-electron chi connectivity index (χ0n) is 9.79. The van der Waals surface area contributed by atoms with Crippen LogP contribution in [0, 0.1) is 22.0 Å². The first kappa shape index (κ1) is 11.7. The molecule has 0 bridgehead atoms. The maximum Gasteiger partial charge on any atom is 0.280 e. The molecule has 3 rings (SSSR count). The number of nitrogens with zero attached hydrogens (tertiary/aromatic N) is 1. The van der Waals surface area contributed by atoms with Crippen molar-refractivity contribution in [2.24, 2.45) is 11.8 Å². The maximum atomic E-state index is 12.2. The molecule has 0 aliphatic heterocycles. The number of hydrogen-bond acceptors (Lipinski definition) is 5. The second kappa shape index (κ2) is 3.81. The van der Waals surface area contributed by atoms with Crippen molar-refractivity contribution < 1.29 is 19.3 Å². The Morgan fingerprint density at radius 2 is 1.89 bits per heavy atom. The van der Waals surface area contributed by atoms with Gasteiger partial charge in [-0.25, -0.2) is 0 Å². The highest BCUT2D eigenvalue weighted by atomic mass is 16.6. The number of Topliss-reactive ketones (excluding diaryl/α,β-unsaturated/α-hetero) is 3. The molecular formula is C13H9NO5. The summed E-state index contributed by atoms with van der Waals surface area (Å²) in [6.07, 6.45) is 1.38. The number of nitro benzene ring substituents is 1. The molecular weight excluding hydrogens is 250 g/mol. The monoisotopic (exact) mass is 259 g/mol. The summed E-state index contributed by atoms with van der Waals surface area (Å²) >= 11 is 0. The van der Waals surface area contributed by atoms with Gasteiger partial charge in [0.25, 0.3) is 5.69 Å². The topological polar surface area (TPSA) is 94.3 Å². The van der Waals surface area contributed by atoms with E-state index < -0.39 is 28.1 Å². The number of carbonyl (C=O) groups is 3. The first-order valence-electron chi connectivity index (χ1n) is 5.92. The minimum Gasteiger partial charge on any atom is -0.298 e. The van der Waals surface area contributed by atoms with Crippen molar-refractivity contribution in [3.05, 3.63) is 39.4 Å². The van der Waals surface area contributed by atoms with Gasteiger partial charge in [-0.3, -0.25) is 24.5 Å². The lowest BCUT2D eigenvalue weighted by Crippen LogP contribution is -2.26. The van der Waals surface area contributed by atoms with Crippen molar-refractivity contribution in [1.82, 2.24) is 0 Å². The Balaban J connectivity index is 2.11. The summed E-state index contributed by atoms with van der Waals surface area (Å²) in [5.74, 6) is -3.29. The molecule has 1 saturated carbocycles. The molecule has 0 amide bonds. The lowest BCUT2D eigenvalue weighted by Gasteiger charge is -2.03. The second-order valence-corrected chi connectivity index (χ2v) is 4.79. The Morgan fingerprint density at radius 3 is 2.47 bits per heavy atom. The standard InChI is InChI=1S/C13H9NO5/c15-11(6-4-5-6)10-12(16)7-2-1-3-8(14(18)19)9(7)13(10)17/h1-3,6,10H,4-5H2. The molecule has 1 atom stereocenters. The van der Waals surface area contributed by atoms with E-state index in [1.165, 1.54) is 18.2 Å². The van der Waals surface area contributed by atoms with Crippen molar-refractivity contribution in [2.45, 2.75) is 12.8 Å². The Morgan fingerprint density at radius 1 is 1.21 bits per heavy atom. The molecule has 2 aliphatic rings. The fraction of sp³-hybridized carbons (Fsp3) is 0.308. The molecule has 0 spiro atoms. The van der Waals surface area contributed by atoms with Gasteiger partial charge >= 0.3 is 0 Å². The van der Waals surface area contributed by atoms with E-state index in [9.17, 15) is 24.5 Å². The van der Waals surface area contributed by atoms with Gasteiger partial charge in [0.05, 0.1) is 4.92 Å². The van der Waals surface area contributed by atoms with E-state index in [1.54, 1.807) is 0 Å². The van der Waals surface area contributed by atoms with Crippen LogP contribution in [0.15, 0.2) is 18.2 Å². The van der Waals surface area contributed by atoms with Gasteiger partial charge in [0.1, 0.15) is 11.5 Å². The summed E-state index contributed by atoms with van der Waals surface area (Å²) < 4.78 is 0. The van der Waals surface area contributed by atoms with Crippen molar-refractivity contribution in [2.75, 3.05) is 0 Å². The molecule has 1 unspecified atom stereocenters. The molecule has 6 heteroatoms. The van der Waals surface area contributed by atoms with Gasteiger partial charge < -0.3 is 0 Å². The molecule has 1 aromatic carbocycles. The average Bonchev–Trinajstić information content (AvgIpc) is 3.18. The van der Waals surface area contributed by atoms with E-state index in [1.807, 2.05) is 0 Å². The minimum absolute atomic E-state index is 0.00167. The van der Waals surface area contributed by atoms with Gasteiger partial charge in [-0.05, 0) is 12.8 Å². The van der Waals surface area contributed by atoms with Crippen molar-refractivity contribution in [1.29, 1.82) is 0 Å². The Kier molecular flexibility index (Phi) is 2.35. The van der Waals surface area contributed by atoms with Crippen LogP contribution in [0.3, 0.4) is 0 Å². The number of ketones is 3. The van der Waals surface area contributed by atoms with E-state index in [-0.39, 0.29) is 22.8 Å². The van der Waals surface area contributed by atoms with Gasteiger partial charge in [-0.1, -0.05) is 12.1 Å². The highest BCUT2D eigenvalue weighted by Crippen LogP contribution is 2.39. The molecule has 2 aliphatic carbocycles. The number of rotatable bonds is 3. The fourth-order valence-electron chi connectivity index (χ4n) is 2.44. The van der Waals surface area contributed by atoms with Gasteiger partial charge in [-0.2, -0.15) is 0 Å². The quantitative estimate of drug-likeness (QED) is 0.466. The summed E-state index contributed by atoms with van der Waals surface area (Å²) in [7, 11) is 0. The summed E-state index contributed by atoms with van der Waals surface area (Å²) in [6.45, 7) is 0. The van der Waals surface area contributed by atoms with Crippen LogP contribution in [0.1, 0.15) is 33.6 Å². The van der Waals surface area contributed by atoms with Gasteiger partial charge in [-0.15, -0.1) is 0 Å². The van der Waals surface area contributed by atoms with Crippen LogP contribution in [-0.2, 0) is 4.79 Å². The predicted octanol–water partition coefficient (Wildman–Crippen LogP) is 1.57. The molecule has 6 nitrogen and oxygen atoms in total. The summed E-state index contributed by atoms with van der Waals surface area (Å²) in [5.41, 5.74) is -0.614. The molecule has 19 heavy (non-hydrogen) atoms. The molecule has 1 aromatic rings. The largest absolute Gasteiger partial charge is 0.298 e. The van der Waals surface area contributed by atoms with E-state index in [0.717, 1.165) is 0 Å². The van der Waals surface area contributed by atoms with Crippen molar-refractivity contribution in [3.63, 3.8) is 0 Å². The van der Waals surface area contributed by atoms with Crippen LogP contribution in [0.25, 0.3) is 0 Å². The average molecular weight is 259 g/mol. The molecule has 0 heterocycles. The minimum atomic E-state index is -1.36. The molecule has 0 saturated heterocycles. The second-order valence-electron chi connectivity index (χ2n) is 4.79. The maximum absolute atomic E-state index is 12.2. The van der Waals surface area contributed by atoms with E-state index in [2.05, 4.69) is 0 Å². The van der Waals surface area contributed by atoms with Crippen LogP contribution >= 0.6 is 0 Å². The van der Waals surface area contributed by atoms with Crippen LogP contribution in [0.2, 0.25) is 0 Å². The number of carbonyl (C=O) groups excluding carboxylic acids is 3. The molecule has 0 aromatic heterocycles. The van der Waals surface area contributed by atoms with E-state index in [0.29, 0.717) is 12.8 Å². The predicted molar refractivity (Wildman–Crippen MR) is 63.0 cm³/mol. The number of nitro groups is 1. The smallest absolute Gasteiger partial charge is 0.280 e. The SMILES string of the molecule is O=C1c2cccc([N+](=O)[O-])c2C(=O)C1C(=O)C1CC1. The highest BCUT2D eigenvalue weighted by Gasteiger charge is 2.50.